The lowest BCUT2D eigenvalue weighted by molar-refractivity contribution is 0.208. The summed E-state index contributed by atoms with van der Waals surface area (Å²) in [5.74, 6) is 1.49. The third kappa shape index (κ3) is 4.32. The number of nitrogens with one attached hydrogen (secondary N) is 1. The fraction of sp³-hybridized carbons (Fsp3) is 0.286. The summed E-state index contributed by atoms with van der Waals surface area (Å²) in [6.07, 6.45) is 0. The van der Waals surface area contributed by atoms with Crippen LogP contribution in [0.1, 0.15) is 5.56 Å². The Balaban J connectivity index is 1.35. The monoisotopic (exact) mass is 409 g/mol. The minimum atomic E-state index is -0.118. The van der Waals surface area contributed by atoms with Gasteiger partial charge in [-0.15, -0.1) is 21.5 Å². The molecule has 1 aliphatic rings. The fourth-order valence-electron chi connectivity index (χ4n) is 3.30. The molecule has 7 nitrogen and oxygen atoms in total. The Kier molecular flexibility index (Phi) is 5.62. The van der Waals surface area contributed by atoms with Crippen LogP contribution in [0.15, 0.2) is 47.8 Å². The molecule has 0 bridgehead atoms. The molecule has 0 saturated carbocycles. The molecule has 150 valence electrons. The van der Waals surface area contributed by atoms with Crippen LogP contribution in [-0.4, -0.2) is 54.4 Å². The van der Waals surface area contributed by atoms with Crippen molar-refractivity contribution in [2.75, 3.05) is 43.5 Å². The third-order valence-corrected chi connectivity index (χ3v) is 5.80. The first kappa shape index (κ1) is 19.2. The number of amides is 2. The third-order valence-electron chi connectivity index (χ3n) is 4.91. The minimum absolute atomic E-state index is 0.118. The Hall–Kier alpha value is -3.13. The van der Waals surface area contributed by atoms with Crippen molar-refractivity contribution in [3.8, 4) is 16.3 Å². The van der Waals surface area contributed by atoms with Crippen LogP contribution in [0.25, 0.3) is 10.6 Å². The number of aryl methyl sites for hydroxylation is 1. The number of methoxy groups -OCH3 is 1. The summed E-state index contributed by atoms with van der Waals surface area (Å²) in [5.41, 5.74) is 2.64. The van der Waals surface area contributed by atoms with Crippen molar-refractivity contribution in [2.45, 2.75) is 6.92 Å². The first-order chi connectivity index (χ1) is 14.1. The number of anilines is 2. The summed E-state index contributed by atoms with van der Waals surface area (Å²) in [7, 11) is 1.60. The molecule has 1 N–H and O–H groups in total. The van der Waals surface area contributed by atoms with Crippen molar-refractivity contribution < 1.29 is 9.53 Å². The number of hydrogen-bond acceptors (Lipinski definition) is 6. The lowest BCUT2D eigenvalue weighted by Crippen LogP contribution is -2.50. The summed E-state index contributed by atoms with van der Waals surface area (Å²) in [5, 5.41) is 13.7. The van der Waals surface area contributed by atoms with Crippen LogP contribution in [-0.2, 0) is 0 Å². The topological polar surface area (TPSA) is 70.6 Å². The second kappa shape index (κ2) is 8.48. The summed E-state index contributed by atoms with van der Waals surface area (Å²) in [6.45, 7) is 4.65. The predicted octanol–water partition coefficient (Wildman–Crippen LogP) is 3.88. The van der Waals surface area contributed by atoms with Crippen LogP contribution in [0.2, 0.25) is 0 Å². The fourth-order valence-corrected chi connectivity index (χ4v) is 3.99. The Bertz CT molecular complexity index is 967. The summed E-state index contributed by atoms with van der Waals surface area (Å²) in [6, 6.07) is 13.7. The van der Waals surface area contributed by atoms with E-state index in [0.29, 0.717) is 37.6 Å². The van der Waals surface area contributed by atoms with Crippen molar-refractivity contribution in [1.29, 1.82) is 0 Å². The molecule has 4 rings (SSSR count). The van der Waals surface area contributed by atoms with Gasteiger partial charge in [0.15, 0.2) is 5.82 Å². The van der Waals surface area contributed by atoms with Gasteiger partial charge in [-0.1, -0.05) is 12.1 Å². The van der Waals surface area contributed by atoms with Crippen molar-refractivity contribution >= 4 is 28.9 Å². The molecule has 2 aromatic heterocycles. The highest BCUT2D eigenvalue weighted by Gasteiger charge is 2.23. The van der Waals surface area contributed by atoms with E-state index in [1.807, 2.05) is 59.7 Å². The van der Waals surface area contributed by atoms with Gasteiger partial charge >= 0.3 is 6.03 Å². The number of rotatable bonds is 4. The van der Waals surface area contributed by atoms with Crippen LogP contribution < -0.4 is 15.0 Å². The molecule has 0 atom stereocenters. The highest BCUT2D eigenvalue weighted by Crippen LogP contribution is 2.26. The number of hydrogen-bond donors (Lipinski definition) is 1. The van der Waals surface area contributed by atoms with E-state index in [-0.39, 0.29) is 6.03 Å². The minimum Gasteiger partial charge on any atom is -0.495 e. The Morgan fingerprint density at radius 3 is 2.59 bits per heavy atom. The maximum atomic E-state index is 12.7. The molecule has 1 saturated heterocycles. The van der Waals surface area contributed by atoms with E-state index in [1.54, 1.807) is 18.4 Å². The molecule has 29 heavy (non-hydrogen) atoms. The maximum Gasteiger partial charge on any atom is 0.322 e. The highest BCUT2D eigenvalue weighted by atomic mass is 32.1. The molecule has 1 aromatic carbocycles. The van der Waals surface area contributed by atoms with Gasteiger partial charge in [-0.3, -0.25) is 0 Å². The lowest BCUT2D eigenvalue weighted by Gasteiger charge is -2.35. The standard InChI is InChI=1S/C21H23N5O2S/c1-15-5-7-18(28-2)17(14-15)22-21(27)26-11-9-25(10-12-26)20-8-6-16(23-24-20)19-4-3-13-29-19/h3-8,13-14H,9-12H2,1-2H3,(H,22,27). The first-order valence-corrected chi connectivity index (χ1v) is 10.3. The smallest absolute Gasteiger partial charge is 0.322 e. The van der Waals surface area contributed by atoms with Gasteiger partial charge in [0.05, 0.1) is 17.7 Å². The van der Waals surface area contributed by atoms with Crippen LogP contribution in [0.4, 0.5) is 16.3 Å². The van der Waals surface area contributed by atoms with Gasteiger partial charge in [0.25, 0.3) is 0 Å². The maximum absolute atomic E-state index is 12.7. The molecule has 3 heterocycles. The highest BCUT2D eigenvalue weighted by molar-refractivity contribution is 7.13. The van der Waals surface area contributed by atoms with Gasteiger partial charge in [-0.2, -0.15) is 0 Å². The number of nitrogens with zero attached hydrogens (tertiary/aromatic N) is 4. The number of urea groups is 1. The summed E-state index contributed by atoms with van der Waals surface area (Å²) in [4.78, 5) is 17.8. The second-order valence-electron chi connectivity index (χ2n) is 6.86. The molecule has 1 aliphatic heterocycles. The number of aromatic nitrogens is 2. The number of carbonyl (C=O) groups excluding carboxylic acids is 1. The van der Waals surface area contributed by atoms with Gasteiger partial charge in [-0.25, -0.2) is 4.79 Å². The van der Waals surface area contributed by atoms with Gasteiger partial charge in [0, 0.05) is 26.2 Å². The van der Waals surface area contributed by atoms with Crippen molar-refractivity contribution in [2.24, 2.45) is 0 Å². The predicted molar refractivity (Wildman–Crippen MR) is 116 cm³/mol. The SMILES string of the molecule is COc1ccc(C)cc1NC(=O)N1CCN(c2ccc(-c3cccs3)nn2)CC1. The van der Waals surface area contributed by atoms with Crippen LogP contribution in [0.3, 0.4) is 0 Å². The Labute approximate surface area is 173 Å². The lowest BCUT2D eigenvalue weighted by atomic mass is 10.2. The van der Waals surface area contributed by atoms with E-state index in [1.165, 1.54) is 0 Å². The van der Waals surface area contributed by atoms with Crippen LogP contribution >= 0.6 is 11.3 Å². The normalized spacial score (nSPS) is 14.0. The van der Waals surface area contributed by atoms with E-state index in [0.717, 1.165) is 22.0 Å². The molecule has 8 heteroatoms. The number of benzene rings is 1. The van der Waals surface area contributed by atoms with Gasteiger partial charge < -0.3 is 19.9 Å². The molecule has 0 aliphatic carbocycles. The average Bonchev–Trinajstić information content (AvgIpc) is 3.29. The zero-order valence-corrected chi connectivity index (χ0v) is 17.3. The van der Waals surface area contributed by atoms with Crippen molar-refractivity contribution in [3.05, 3.63) is 53.4 Å². The second-order valence-corrected chi connectivity index (χ2v) is 7.81. The van der Waals surface area contributed by atoms with E-state index < -0.39 is 0 Å². The van der Waals surface area contributed by atoms with Gasteiger partial charge in [0.1, 0.15) is 11.4 Å². The molecular weight excluding hydrogens is 386 g/mol. The number of carbonyl (C=O) groups is 1. The number of piperazine rings is 1. The Morgan fingerprint density at radius 1 is 1.10 bits per heavy atom. The van der Waals surface area contributed by atoms with E-state index in [4.69, 9.17) is 4.74 Å². The number of ether oxygens (including phenoxy) is 1. The molecule has 0 spiro atoms. The summed E-state index contributed by atoms with van der Waals surface area (Å²) >= 11 is 1.65. The van der Waals surface area contributed by atoms with Gasteiger partial charge in [0.2, 0.25) is 0 Å². The van der Waals surface area contributed by atoms with Crippen LogP contribution in [0.5, 0.6) is 5.75 Å². The molecule has 2 amide bonds. The first-order valence-electron chi connectivity index (χ1n) is 9.47. The quantitative estimate of drug-likeness (QED) is 0.708. The molecule has 0 radical (unpaired) electrons. The molecule has 0 unspecified atom stereocenters. The van der Waals surface area contributed by atoms with E-state index in [9.17, 15) is 4.79 Å². The van der Waals surface area contributed by atoms with E-state index in [2.05, 4.69) is 20.4 Å². The number of thiophene rings is 1. The van der Waals surface area contributed by atoms with Crippen molar-refractivity contribution in [1.82, 2.24) is 15.1 Å². The van der Waals surface area contributed by atoms with E-state index >= 15 is 0 Å². The molecule has 3 aromatic rings. The zero-order chi connectivity index (χ0) is 20.2. The van der Waals surface area contributed by atoms with Crippen LogP contribution in [0, 0.1) is 6.92 Å². The molecule has 1 fully saturated rings. The zero-order valence-electron chi connectivity index (χ0n) is 16.5. The average molecular weight is 410 g/mol. The van der Waals surface area contributed by atoms with Crippen molar-refractivity contribution in [3.63, 3.8) is 0 Å². The molecular formula is C21H23N5O2S. The summed E-state index contributed by atoms with van der Waals surface area (Å²) < 4.78 is 5.34. The van der Waals surface area contributed by atoms with Gasteiger partial charge in [-0.05, 0) is 48.2 Å². The Morgan fingerprint density at radius 2 is 1.93 bits per heavy atom. The largest absolute Gasteiger partial charge is 0.495 e.